The van der Waals surface area contributed by atoms with Gasteiger partial charge in [-0.1, -0.05) is 17.9 Å². The molecule has 0 saturated carbocycles. The van der Waals surface area contributed by atoms with E-state index < -0.39 is 17.8 Å². The molecule has 1 heterocycles. The zero-order valence-electron chi connectivity index (χ0n) is 15.1. The second kappa shape index (κ2) is 8.97. The molecule has 5 nitrogen and oxygen atoms in total. The third-order valence-corrected chi connectivity index (χ3v) is 3.82. The molecule has 8 heteroatoms. The molecule has 0 aliphatic carbocycles. The third-order valence-electron chi connectivity index (χ3n) is 3.82. The van der Waals surface area contributed by atoms with E-state index in [1.54, 1.807) is 6.20 Å². The topological polar surface area (TPSA) is 63.2 Å². The van der Waals surface area contributed by atoms with Crippen LogP contribution in [0.2, 0.25) is 0 Å². The first-order valence-corrected chi connectivity index (χ1v) is 8.57. The molecule has 3 rings (SSSR count). The van der Waals surface area contributed by atoms with Gasteiger partial charge in [0.2, 0.25) is 0 Å². The predicted molar refractivity (Wildman–Crippen MR) is 103 cm³/mol. The summed E-state index contributed by atoms with van der Waals surface area (Å²) in [6.07, 6.45) is -2.71. The highest BCUT2D eigenvalue weighted by Gasteiger charge is 2.29. The second-order valence-electron chi connectivity index (χ2n) is 5.88. The number of rotatable bonds is 4. The van der Waals surface area contributed by atoms with Crippen LogP contribution in [0.1, 0.15) is 5.56 Å². The van der Waals surface area contributed by atoms with Crippen molar-refractivity contribution in [3.05, 3.63) is 66.4 Å². The first-order valence-electron chi connectivity index (χ1n) is 8.57. The van der Waals surface area contributed by atoms with E-state index in [0.717, 1.165) is 23.0 Å². The lowest BCUT2D eigenvalue weighted by Crippen LogP contribution is -2.29. The number of pyridine rings is 1. The number of carbonyl (C=O) groups is 1. The highest BCUT2D eigenvalue weighted by Crippen LogP contribution is 2.29. The van der Waals surface area contributed by atoms with Gasteiger partial charge in [-0.3, -0.25) is 4.98 Å². The number of nitrogens with one attached hydrogen (secondary N) is 2. The summed E-state index contributed by atoms with van der Waals surface area (Å²) in [5, 5.41) is 5.93. The fraction of sp³-hybridized carbons (Fsp3) is 0.143. The van der Waals surface area contributed by atoms with Gasteiger partial charge < -0.3 is 15.4 Å². The number of benzene rings is 2. The molecule has 0 aliphatic rings. The number of urea groups is 1. The van der Waals surface area contributed by atoms with Crippen LogP contribution in [-0.4, -0.2) is 24.2 Å². The first-order chi connectivity index (χ1) is 13.9. The minimum atomic E-state index is -4.41. The average molecular weight is 399 g/mol. The molecule has 0 unspecified atom stereocenters. The van der Waals surface area contributed by atoms with Crippen molar-refractivity contribution in [2.75, 3.05) is 18.5 Å². The maximum Gasteiger partial charge on any atom is 0.416 e. The van der Waals surface area contributed by atoms with Gasteiger partial charge in [0.15, 0.2) is 0 Å². The number of alkyl halides is 3. The fourth-order valence-electron chi connectivity index (χ4n) is 2.41. The number of ether oxygens (including phenoxy) is 1. The SMILES string of the molecule is O=C(NCC#CCOc1ccc2cccnc2c1)Nc1ccc(C(F)(F)F)cc1. The highest BCUT2D eigenvalue weighted by atomic mass is 19.4. The second-order valence-corrected chi connectivity index (χ2v) is 5.88. The van der Waals surface area contributed by atoms with Crippen LogP contribution < -0.4 is 15.4 Å². The van der Waals surface area contributed by atoms with Crippen LogP contribution in [0.3, 0.4) is 0 Å². The number of hydrogen-bond acceptors (Lipinski definition) is 3. The van der Waals surface area contributed by atoms with E-state index in [9.17, 15) is 18.0 Å². The van der Waals surface area contributed by atoms with Crippen molar-refractivity contribution < 1.29 is 22.7 Å². The summed E-state index contributed by atoms with van der Waals surface area (Å²) < 4.78 is 43.0. The fourth-order valence-corrected chi connectivity index (χ4v) is 2.41. The smallest absolute Gasteiger partial charge is 0.416 e. The summed E-state index contributed by atoms with van der Waals surface area (Å²) in [7, 11) is 0. The largest absolute Gasteiger partial charge is 0.481 e. The maximum atomic E-state index is 12.5. The quantitative estimate of drug-likeness (QED) is 0.637. The van der Waals surface area contributed by atoms with E-state index in [1.165, 1.54) is 12.1 Å². The summed E-state index contributed by atoms with van der Waals surface area (Å²) in [6.45, 7) is 0.204. The van der Waals surface area contributed by atoms with E-state index in [0.29, 0.717) is 5.75 Å². The molecule has 2 aromatic carbocycles. The minimum Gasteiger partial charge on any atom is -0.481 e. The van der Waals surface area contributed by atoms with E-state index >= 15 is 0 Å². The summed E-state index contributed by atoms with van der Waals surface area (Å²) in [6, 6.07) is 12.9. The van der Waals surface area contributed by atoms with Crippen molar-refractivity contribution in [3.8, 4) is 17.6 Å². The number of amides is 2. The number of aromatic nitrogens is 1. The Morgan fingerprint density at radius 1 is 1.07 bits per heavy atom. The van der Waals surface area contributed by atoms with Crippen molar-refractivity contribution in [3.63, 3.8) is 0 Å². The van der Waals surface area contributed by atoms with Crippen molar-refractivity contribution in [1.29, 1.82) is 0 Å². The lowest BCUT2D eigenvalue weighted by molar-refractivity contribution is -0.137. The van der Waals surface area contributed by atoms with Gasteiger partial charge in [-0.2, -0.15) is 13.2 Å². The molecular formula is C21H16F3N3O2. The van der Waals surface area contributed by atoms with Crippen LogP contribution in [0.5, 0.6) is 5.75 Å². The maximum absolute atomic E-state index is 12.5. The molecule has 1 aromatic heterocycles. The molecule has 148 valence electrons. The monoisotopic (exact) mass is 399 g/mol. The van der Waals surface area contributed by atoms with Crippen LogP contribution >= 0.6 is 0 Å². The van der Waals surface area contributed by atoms with Gasteiger partial charge in [0, 0.05) is 23.3 Å². The highest BCUT2D eigenvalue weighted by molar-refractivity contribution is 5.89. The molecule has 0 saturated heterocycles. The number of anilines is 1. The van der Waals surface area contributed by atoms with Gasteiger partial charge in [0.25, 0.3) is 0 Å². The number of hydrogen-bond donors (Lipinski definition) is 2. The van der Waals surface area contributed by atoms with Gasteiger partial charge in [-0.15, -0.1) is 0 Å². The van der Waals surface area contributed by atoms with Crippen LogP contribution in [0.15, 0.2) is 60.8 Å². The Labute approximate surface area is 164 Å². The normalized spacial score (nSPS) is 10.7. The molecule has 2 amide bonds. The Morgan fingerprint density at radius 3 is 2.62 bits per heavy atom. The van der Waals surface area contributed by atoms with Gasteiger partial charge >= 0.3 is 12.2 Å². The van der Waals surface area contributed by atoms with Crippen molar-refractivity contribution in [1.82, 2.24) is 10.3 Å². The lowest BCUT2D eigenvalue weighted by Gasteiger charge is -2.08. The zero-order valence-corrected chi connectivity index (χ0v) is 15.1. The van der Waals surface area contributed by atoms with Crippen LogP contribution in [0.25, 0.3) is 10.9 Å². The van der Waals surface area contributed by atoms with Crippen LogP contribution in [0, 0.1) is 11.8 Å². The summed E-state index contributed by atoms with van der Waals surface area (Å²) in [4.78, 5) is 16.0. The summed E-state index contributed by atoms with van der Waals surface area (Å²) >= 11 is 0. The van der Waals surface area contributed by atoms with Gasteiger partial charge in [-0.05, 0) is 42.5 Å². The van der Waals surface area contributed by atoms with Crippen molar-refractivity contribution in [2.45, 2.75) is 6.18 Å². The zero-order chi connectivity index (χ0) is 20.7. The molecule has 0 bridgehead atoms. The third kappa shape index (κ3) is 5.87. The van der Waals surface area contributed by atoms with Gasteiger partial charge in [0.1, 0.15) is 12.4 Å². The number of halogens is 3. The average Bonchev–Trinajstić information content (AvgIpc) is 2.70. The Balaban J connectivity index is 1.40. The standard InChI is InChI=1S/C21H16F3N3O2/c22-21(23,24)16-6-8-17(9-7-16)27-20(28)26-11-1-2-13-29-18-10-5-15-4-3-12-25-19(15)14-18/h3-10,12,14H,11,13H2,(H2,26,27,28). The molecule has 0 atom stereocenters. The van der Waals surface area contributed by atoms with E-state index in [-0.39, 0.29) is 18.8 Å². The van der Waals surface area contributed by atoms with E-state index in [4.69, 9.17) is 4.74 Å². The van der Waals surface area contributed by atoms with Crippen LogP contribution in [0.4, 0.5) is 23.7 Å². The molecule has 3 aromatic rings. The van der Waals surface area contributed by atoms with Crippen molar-refractivity contribution >= 4 is 22.6 Å². The molecule has 0 radical (unpaired) electrons. The summed E-state index contributed by atoms with van der Waals surface area (Å²) in [5.41, 5.74) is 0.285. The number of fused-ring (bicyclic) bond motifs is 1. The Kier molecular flexibility index (Phi) is 6.19. The Bertz CT molecular complexity index is 1050. The molecule has 29 heavy (non-hydrogen) atoms. The predicted octanol–water partition coefficient (Wildman–Crippen LogP) is 4.46. The molecule has 0 fully saturated rings. The van der Waals surface area contributed by atoms with E-state index in [2.05, 4.69) is 27.5 Å². The Hall–Kier alpha value is -3.73. The van der Waals surface area contributed by atoms with Crippen LogP contribution in [-0.2, 0) is 6.18 Å². The first kappa shape index (κ1) is 20.0. The van der Waals surface area contributed by atoms with Gasteiger partial charge in [-0.25, -0.2) is 4.79 Å². The minimum absolute atomic E-state index is 0.0646. The van der Waals surface area contributed by atoms with Gasteiger partial charge in [0.05, 0.1) is 17.6 Å². The molecular weight excluding hydrogens is 383 g/mol. The molecule has 0 spiro atoms. The molecule has 2 N–H and O–H groups in total. The van der Waals surface area contributed by atoms with Crippen molar-refractivity contribution in [2.24, 2.45) is 0 Å². The number of nitrogens with zero attached hydrogens (tertiary/aromatic N) is 1. The lowest BCUT2D eigenvalue weighted by atomic mass is 10.2. The Morgan fingerprint density at radius 2 is 1.86 bits per heavy atom. The van der Waals surface area contributed by atoms with E-state index in [1.807, 2.05) is 30.3 Å². The number of carbonyl (C=O) groups excluding carboxylic acids is 1. The molecule has 0 aliphatic heterocycles. The summed E-state index contributed by atoms with van der Waals surface area (Å²) in [5.74, 6) is 6.13.